The van der Waals surface area contributed by atoms with E-state index in [0.717, 1.165) is 0 Å². The molecule has 0 fully saturated rings. The SMILES string of the molecule is CC/C(=C\C=C(/C)C(C)(C)C)S(C)(C)C. The van der Waals surface area contributed by atoms with Gasteiger partial charge in [-0.1, -0.05) is 45.4 Å². The van der Waals surface area contributed by atoms with Crippen molar-refractivity contribution in [2.75, 3.05) is 18.8 Å². The van der Waals surface area contributed by atoms with Gasteiger partial charge in [0.1, 0.15) is 0 Å². The van der Waals surface area contributed by atoms with Gasteiger partial charge < -0.3 is 0 Å². The highest BCUT2D eigenvalue weighted by atomic mass is 32.3. The quantitative estimate of drug-likeness (QED) is 0.598. The van der Waals surface area contributed by atoms with E-state index in [1.807, 2.05) is 0 Å². The Morgan fingerprint density at radius 1 is 1.07 bits per heavy atom. The molecular formula is C14H28S. The number of rotatable bonds is 3. The monoisotopic (exact) mass is 228 g/mol. The van der Waals surface area contributed by atoms with Crippen molar-refractivity contribution in [3.8, 4) is 0 Å². The summed E-state index contributed by atoms with van der Waals surface area (Å²) >= 11 is 0. The molecule has 0 unspecified atom stereocenters. The van der Waals surface area contributed by atoms with Gasteiger partial charge in [-0.3, -0.25) is 0 Å². The Labute approximate surface area is 98.2 Å². The van der Waals surface area contributed by atoms with Crippen LogP contribution in [0.4, 0.5) is 0 Å². The molecule has 0 heterocycles. The lowest BCUT2D eigenvalue weighted by Crippen LogP contribution is -2.06. The highest BCUT2D eigenvalue weighted by Crippen LogP contribution is 2.46. The topological polar surface area (TPSA) is 0 Å². The normalized spacial score (nSPS) is 16.8. The van der Waals surface area contributed by atoms with Crippen molar-refractivity contribution in [3.05, 3.63) is 22.6 Å². The fourth-order valence-corrected chi connectivity index (χ4v) is 2.57. The van der Waals surface area contributed by atoms with Crippen LogP contribution in [0.25, 0.3) is 0 Å². The van der Waals surface area contributed by atoms with Gasteiger partial charge in [0, 0.05) is 0 Å². The van der Waals surface area contributed by atoms with Crippen molar-refractivity contribution in [2.45, 2.75) is 41.0 Å². The summed E-state index contributed by atoms with van der Waals surface area (Å²) in [5, 5.41) is 0. The first-order valence-corrected chi connectivity index (χ1v) is 8.51. The first-order chi connectivity index (χ1) is 6.59. The van der Waals surface area contributed by atoms with Crippen LogP contribution in [0.3, 0.4) is 0 Å². The van der Waals surface area contributed by atoms with E-state index in [1.165, 1.54) is 12.0 Å². The molecule has 1 heteroatoms. The van der Waals surface area contributed by atoms with Crippen LogP contribution in [0.5, 0.6) is 0 Å². The van der Waals surface area contributed by atoms with Crippen molar-refractivity contribution >= 4 is 10.0 Å². The van der Waals surface area contributed by atoms with E-state index < -0.39 is 10.0 Å². The molecular weight excluding hydrogens is 200 g/mol. The maximum Gasteiger partial charge on any atom is -0.0173 e. The first kappa shape index (κ1) is 14.8. The van der Waals surface area contributed by atoms with E-state index in [2.05, 4.69) is 65.5 Å². The van der Waals surface area contributed by atoms with Crippen LogP contribution in [-0.4, -0.2) is 18.8 Å². The number of allylic oxidation sites excluding steroid dienone is 4. The summed E-state index contributed by atoms with van der Waals surface area (Å²) in [6.45, 7) is 11.3. The predicted molar refractivity (Wildman–Crippen MR) is 76.9 cm³/mol. The molecule has 0 aromatic carbocycles. The van der Waals surface area contributed by atoms with E-state index in [0.29, 0.717) is 5.41 Å². The third-order valence-corrected chi connectivity index (χ3v) is 4.84. The second-order valence-corrected chi connectivity index (χ2v) is 10.1. The molecule has 0 atom stereocenters. The molecule has 0 N–H and O–H groups in total. The van der Waals surface area contributed by atoms with Gasteiger partial charge in [0.25, 0.3) is 0 Å². The second kappa shape index (κ2) is 5.25. The zero-order valence-corrected chi connectivity index (χ0v) is 12.6. The summed E-state index contributed by atoms with van der Waals surface area (Å²) in [5.74, 6) is 0. The lowest BCUT2D eigenvalue weighted by atomic mass is 9.87. The molecule has 0 rings (SSSR count). The van der Waals surface area contributed by atoms with Crippen molar-refractivity contribution in [1.82, 2.24) is 0 Å². The second-order valence-electron chi connectivity index (χ2n) is 5.92. The van der Waals surface area contributed by atoms with Crippen LogP contribution < -0.4 is 0 Å². The maximum atomic E-state index is 2.36. The van der Waals surface area contributed by atoms with E-state index in [9.17, 15) is 0 Å². The fourth-order valence-electron chi connectivity index (χ4n) is 1.22. The van der Waals surface area contributed by atoms with E-state index >= 15 is 0 Å². The molecule has 90 valence electrons. The molecule has 0 saturated carbocycles. The Morgan fingerprint density at radius 3 is 1.80 bits per heavy atom. The Morgan fingerprint density at radius 2 is 1.53 bits per heavy atom. The summed E-state index contributed by atoms with van der Waals surface area (Å²) in [4.78, 5) is 1.60. The third kappa shape index (κ3) is 5.46. The van der Waals surface area contributed by atoms with Crippen molar-refractivity contribution in [2.24, 2.45) is 5.41 Å². The third-order valence-electron chi connectivity index (χ3n) is 2.84. The van der Waals surface area contributed by atoms with Gasteiger partial charge in [-0.25, -0.2) is 10.0 Å². The highest BCUT2D eigenvalue weighted by Gasteiger charge is 2.12. The van der Waals surface area contributed by atoms with Gasteiger partial charge in [0.15, 0.2) is 0 Å². The molecule has 0 aromatic heterocycles. The first-order valence-electron chi connectivity index (χ1n) is 5.65. The molecule has 0 aliphatic heterocycles. The summed E-state index contributed by atoms with van der Waals surface area (Å²) < 4.78 is 0. The molecule has 0 aromatic rings. The van der Waals surface area contributed by atoms with Crippen LogP contribution in [0.2, 0.25) is 0 Å². The smallest absolute Gasteiger partial charge is 0.0173 e. The standard InChI is InChI=1S/C14H28S/c1-9-13(15(6,7)8)11-10-12(2)14(3,4)5/h10-11H,9H2,1-8H3/b12-10+,13-11+. The Hall–Kier alpha value is -0.170. The lowest BCUT2D eigenvalue weighted by Gasteiger charge is -2.28. The van der Waals surface area contributed by atoms with Gasteiger partial charge in [0.2, 0.25) is 0 Å². The van der Waals surface area contributed by atoms with Crippen LogP contribution >= 0.6 is 10.0 Å². The summed E-state index contributed by atoms with van der Waals surface area (Å²) in [6, 6.07) is 0. The predicted octanol–water partition coefficient (Wildman–Crippen LogP) is 4.97. The number of hydrogen-bond acceptors (Lipinski definition) is 0. The van der Waals surface area contributed by atoms with Crippen LogP contribution in [-0.2, 0) is 0 Å². The van der Waals surface area contributed by atoms with E-state index in [-0.39, 0.29) is 0 Å². The summed E-state index contributed by atoms with van der Waals surface area (Å²) in [7, 11) is -0.540. The molecule has 0 saturated heterocycles. The Balaban J connectivity index is 4.91. The van der Waals surface area contributed by atoms with Crippen molar-refractivity contribution in [3.63, 3.8) is 0 Å². The average Bonchev–Trinajstić information content (AvgIpc) is 2.00. The summed E-state index contributed by atoms with van der Waals surface area (Å²) in [6.07, 6.45) is 12.9. The molecule has 0 bridgehead atoms. The molecule has 0 nitrogen and oxygen atoms in total. The van der Waals surface area contributed by atoms with Crippen LogP contribution in [0.15, 0.2) is 22.6 Å². The minimum absolute atomic E-state index is 0.294. The fraction of sp³-hybridized carbons (Fsp3) is 0.714. The zero-order valence-electron chi connectivity index (χ0n) is 11.8. The molecule has 0 radical (unpaired) electrons. The van der Waals surface area contributed by atoms with Gasteiger partial charge >= 0.3 is 0 Å². The molecule has 0 aliphatic rings. The van der Waals surface area contributed by atoms with Crippen molar-refractivity contribution < 1.29 is 0 Å². The Kier molecular flexibility index (Phi) is 5.19. The van der Waals surface area contributed by atoms with Gasteiger partial charge in [-0.15, -0.1) is 0 Å². The minimum Gasteiger partial charge on any atom is -0.227 e. The van der Waals surface area contributed by atoms with Crippen LogP contribution in [0.1, 0.15) is 41.0 Å². The lowest BCUT2D eigenvalue weighted by molar-refractivity contribution is 0.504. The summed E-state index contributed by atoms with van der Waals surface area (Å²) in [5.41, 5.74) is 1.75. The van der Waals surface area contributed by atoms with Gasteiger partial charge in [-0.2, -0.15) is 0 Å². The highest BCUT2D eigenvalue weighted by molar-refractivity contribution is 8.35. The van der Waals surface area contributed by atoms with Gasteiger partial charge in [0.05, 0.1) is 0 Å². The van der Waals surface area contributed by atoms with Crippen LogP contribution in [0, 0.1) is 5.41 Å². The zero-order chi connectivity index (χ0) is 12.3. The molecule has 0 spiro atoms. The average molecular weight is 228 g/mol. The number of hydrogen-bond donors (Lipinski definition) is 0. The minimum atomic E-state index is -0.540. The van der Waals surface area contributed by atoms with Crippen molar-refractivity contribution in [1.29, 1.82) is 0 Å². The maximum absolute atomic E-state index is 2.36. The molecule has 15 heavy (non-hydrogen) atoms. The molecule has 0 aliphatic carbocycles. The van der Waals surface area contributed by atoms with E-state index in [1.54, 1.807) is 4.91 Å². The Bertz CT molecular complexity index is 256. The largest absolute Gasteiger partial charge is 0.227 e. The van der Waals surface area contributed by atoms with E-state index in [4.69, 9.17) is 0 Å². The van der Waals surface area contributed by atoms with Gasteiger partial charge in [-0.05, 0) is 42.4 Å². The molecule has 0 amide bonds.